The van der Waals surface area contributed by atoms with E-state index in [1.165, 1.54) is 6.08 Å². The first-order valence-electron chi connectivity index (χ1n) is 2.88. The summed E-state index contributed by atoms with van der Waals surface area (Å²) in [6.45, 7) is 3.32. The second-order valence-electron chi connectivity index (χ2n) is 1.67. The predicted molar refractivity (Wildman–Crippen MR) is 43.5 cm³/mol. The molecule has 0 saturated carbocycles. The lowest BCUT2D eigenvalue weighted by molar-refractivity contribution is -0.151. The van der Waals surface area contributed by atoms with Crippen LogP contribution in [0.3, 0.4) is 0 Å². The van der Waals surface area contributed by atoms with E-state index in [0.717, 1.165) is 0 Å². The molecule has 0 aromatic rings. The zero-order chi connectivity index (χ0) is 7.98. The largest absolute Gasteiger partial charge is 0.460 e. The van der Waals surface area contributed by atoms with Gasteiger partial charge in [0.2, 0.25) is 0 Å². The summed E-state index contributed by atoms with van der Waals surface area (Å²) < 4.78 is 4.46. The van der Waals surface area contributed by atoms with E-state index in [2.05, 4.69) is 11.3 Å². The van der Waals surface area contributed by atoms with E-state index in [4.69, 9.17) is 10.8 Å². The van der Waals surface area contributed by atoms with E-state index in [0.29, 0.717) is 0 Å². The number of carbonyl (C=O) groups is 1. The summed E-state index contributed by atoms with van der Waals surface area (Å²) in [5.74, 6) is -0.706. The van der Waals surface area contributed by atoms with Gasteiger partial charge in [0.1, 0.15) is 6.61 Å². The maximum Gasteiger partial charge on any atom is 0.336 e. The SMILES string of the molecule is C=CCOC(=O)[C@@H](O)CN.Cl. The average Bonchev–Trinajstić information content (AvgIpc) is 1.98. The zero-order valence-corrected chi connectivity index (χ0v) is 6.84. The molecule has 4 nitrogen and oxygen atoms in total. The van der Waals surface area contributed by atoms with Crippen molar-refractivity contribution in [3.63, 3.8) is 0 Å². The van der Waals surface area contributed by atoms with Crippen LogP contribution in [-0.2, 0) is 9.53 Å². The Morgan fingerprint density at radius 1 is 1.82 bits per heavy atom. The van der Waals surface area contributed by atoms with Crippen LogP contribution in [0.4, 0.5) is 0 Å². The van der Waals surface area contributed by atoms with E-state index >= 15 is 0 Å². The molecule has 0 fully saturated rings. The van der Waals surface area contributed by atoms with Crippen molar-refractivity contribution in [2.75, 3.05) is 13.2 Å². The first kappa shape index (κ1) is 13.0. The van der Waals surface area contributed by atoms with Crippen LogP contribution in [0, 0.1) is 0 Å². The summed E-state index contributed by atoms with van der Waals surface area (Å²) in [7, 11) is 0. The summed E-state index contributed by atoms with van der Waals surface area (Å²) in [4.78, 5) is 10.5. The van der Waals surface area contributed by atoms with Crippen molar-refractivity contribution in [3.05, 3.63) is 12.7 Å². The molecule has 0 radical (unpaired) electrons. The van der Waals surface area contributed by atoms with Crippen LogP contribution in [0.15, 0.2) is 12.7 Å². The highest BCUT2D eigenvalue weighted by Gasteiger charge is 2.12. The second kappa shape index (κ2) is 7.53. The Morgan fingerprint density at radius 2 is 2.36 bits per heavy atom. The molecule has 0 bridgehead atoms. The molecule has 0 spiro atoms. The van der Waals surface area contributed by atoms with Gasteiger partial charge < -0.3 is 15.6 Å². The lowest BCUT2D eigenvalue weighted by Crippen LogP contribution is -2.30. The fraction of sp³-hybridized carbons (Fsp3) is 0.500. The second-order valence-corrected chi connectivity index (χ2v) is 1.67. The zero-order valence-electron chi connectivity index (χ0n) is 6.03. The molecule has 0 aliphatic heterocycles. The van der Waals surface area contributed by atoms with Crippen LogP contribution in [0.5, 0.6) is 0 Å². The third kappa shape index (κ3) is 5.84. The third-order valence-electron chi connectivity index (χ3n) is 0.839. The molecule has 0 saturated heterocycles. The van der Waals surface area contributed by atoms with Crippen LogP contribution in [-0.4, -0.2) is 30.3 Å². The molecule has 0 aromatic carbocycles. The predicted octanol–water partition coefficient (Wildman–Crippen LogP) is -0.543. The van der Waals surface area contributed by atoms with Crippen molar-refractivity contribution in [1.29, 1.82) is 0 Å². The number of hydrogen-bond donors (Lipinski definition) is 2. The molecule has 0 amide bonds. The molecule has 66 valence electrons. The van der Waals surface area contributed by atoms with Gasteiger partial charge in [-0.1, -0.05) is 12.7 Å². The molecule has 5 heteroatoms. The Balaban J connectivity index is 0. The van der Waals surface area contributed by atoms with Crippen LogP contribution in [0.2, 0.25) is 0 Å². The minimum absolute atomic E-state index is 0. The van der Waals surface area contributed by atoms with Gasteiger partial charge in [0.05, 0.1) is 0 Å². The first-order chi connectivity index (χ1) is 4.72. The van der Waals surface area contributed by atoms with Gasteiger partial charge >= 0.3 is 5.97 Å². The van der Waals surface area contributed by atoms with Gasteiger partial charge in [0.25, 0.3) is 0 Å². The highest BCUT2D eigenvalue weighted by molar-refractivity contribution is 5.85. The van der Waals surface area contributed by atoms with Crippen LogP contribution < -0.4 is 5.73 Å². The monoisotopic (exact) mass is 181 g/mol. The summed E-state index contributed by atoms with van der Waals surface area (Å²) in [5, 5.41) is 8.72. The molecule has 0 aliphatic rings. The van der Waals surface area contributed by atoms with Gasteiger partial charge in [-0.3, -0.25) is 0 Å². The highest BCUT2D eigenvalue weighted by atomic mass is 35.5. The molecule has 0 rings (SSSR count). The average molecular weight is 182 g/mol. The Morgan fingerprint density at radius 3 is 2.73 bits per heavy atom. The maximum absolute atomic E-state index is 10.5. The summed E-state index contributed by atoms with van der Waals surface area (Å²) in [5.41, 5.74) is 4.97. The van der Waals surface area contributed by atoms with Crippen molar-refractivity contribution in [2.24, 2.45) is 5.73 Å². The maximum atomic E-state index is 10.5. The Labute approximate surface area is 71.4 Å². The Bertz CT molecular complexity index is 129. The molecule has 0 unspecified atom stereocenters. The lowest BCUT2D eigenvalue weighted by atomic mass is 10.4. The van der Waals surface area contributed by atoms with Crippen LogP contribution >= 0.6 is 12.4 Å². The summed E-state index contributed by atoms with van der Waals surface area (Å²) >= 11 is 0. The van der Waals surface area contributed by atoms with Crippen molar-refractivity contribution in [2.45, 2.75) is 6.10 Å². The van der Waals surface area contributed by atoms with Crippen molar-refractivity contribution < 1.29 is 14.6 Å². The van der Waals surface area contributed by atoms with Crippen molar-refractivity contribution in [3.8, 4) is 0 Å². The van der Waals surface area contributed by atoms with Gasteiger partial charge in [0.15, 0.2) is 6.10 Å². The molecule has 0 aromatic heterocycles. The molecular weight excluding hydrogens is 170 g/mol. The van der Waals surface area contributed by atoms with Crippen molar-refractivity contribution >= 4 is 18.4 Å². The first-order valence-corrected chi connectivity index (χ1v) is 2.88. The fourth-order valence-corrected chi connectivity index (χ4v) is 0.333. The van der Waals surface area contributed by atoms with E-state index in [-0.39, 0.29) is 25.6 Å². The van der Waals surface area contributed by atoms with Crippen LogP contribution in [0.1, 0.15) is 0 Å². The number of aliphatic hydroxyl groups is 1. The Kier molecular flexibility index (Phi) is 8.92. The molecule has 11 heavy (non-hydrogen) atoms. The molecular formula is C6H12ClNO3. The molecule has 0 aliphatic carbocycles. The lowest BCUT2D eigenvalue weighted by Gasteiger charge is -2.05. The van der Waals surface area contributed by atoms with E-state index < -0.39 is 12.1 Å². The van der Waals surface area contributed by atoms with Crippen LogP contribution in [0.25, 0.3) is 0 Å². The molecule has 3 N–H and O–H groups in total. The Hall–Kier alpha value is -0.580. The highest BCUT2D eigenvalue weighted by Crippen LogP contribution is 1.85. The van der Waals surface area contributed by atoms with Gasteiger partial charge in [-0.05, 0) is 0 Å². The van der Waals surface area contributed by atoms with Gasteiger partial charge in [-0.15, -0.1) is 12.4 Å². The number of ether oxygens (including phenoxy) is 1. The van der Waals surface area contributed by atoms with E-state index in [1.807, 2.05) is 0 Å². The topological polar surface area (TPSA) is 72.5 Å². The minimum Gasteiger partial charge on any atom is -0.460 e. The van der Waals surface area contributed by atoms with E-state index in [1.54, 1.807) is 0 Å². The quantitative estimate of drug-likeness (QED) is 0.451. The summed E-state index contributed by atoms with van der Waals surface area (Å²) in [6, 6.07) is 0. The van der Waals surface area contributed by atoms with E-state index in [9.17, 15) is 4.79 Å². The smallest absolute Gasteiger partial charge is 0.336 e. The van der Waals surface area contributed by atoms with Gasteiger partial charge in [0, 0.05) is 6.54 Å². The van der Waals surface area contributed by atoms with Gasteiger partial charge in [-0.2, -0.15) is 0 Å². The van der Waals surface area contributed by atoms with Crippen molar-refractivity contribution in [1.82, 2.24) is 0 Å². The molecule has 1 atom stereocenters. The normalized spacial score (nSPS) is 11.1. The number of esters is 1. The standard InChI is InChI=1S/C6H11NO3.ClH/c1-2-3-10-6(9)5(8)4-7;/h2,5,8H,1,3-4,7H2;1H/t5-;/m0./s1. The number of hydrogen-bond acceptors (Lipinski definition) is 4. The summed E-state index contributed by atoms with van der Waals surface area (Å²) in [6.07, 6.45) is 0.209. The number of aliphatic hydroxyl groups excluding tert-OH is 1. The fourth-order valence-electron chi connectivity index (χ4n) is 0.333. The number of nitrogens with two attached hydrogens (primary N) is 1. The number of halogens is 1. The van der Waals surface area contributed by atoms with Gasteiger partial charge in [-0.25, -0.2) is 4.79 Å². The third-order valence-corrected chi connectivity index (χ3v) is 0.839. The molecule has 0 heterocycles. The minimum atomic E-state index is -1.21. The number of rotatable bonds is 4. The number of carbonyl (C=O) groups excluding carboxylic acids is 1.